The van der Waals surface area contributed by atoms with Gasteiger partial charge in [-0.1, -0.05) is 17.7 Å². The molecule has 128 valence electrons. The summed E-state index contributed by atoms with van der Waals surface area (Å²) in [5.41, 5.74) is 2.96. The number of likely N-dealkylation sites (N-methyl/N-ethyl adjacent to an activating group) is 1. The molecule has 2 aromatic heterocycles. The highest BCUT2D eigenvalue weighted by Crippen LogP contribution is 2.23. The van der Waals surface area contributed by atoms with E-state index in [-0.39, 0.29) is 0 Å². The molecule has 1 aliphatic heterocycles. The third kappa shape index (κ3) is 3.38. The molecule has 0 aliphatic carbocycles. The van der Waals surface area contributed by atoms with E-state index < -0.39 is 0 Å². The van der Waals surface area contributed by atoms with E-state index in [0.29, 0.717) is 0 Å². The predicted molar refractivity (Wildman–Crippen MR) is 102 cm³/mol. The van der Waals surface area contributed by atoms with Crippen LogP contribution in [0.3, 0.4) is 0 Å². The highest BCUT2D eigenvalue weighted by Gasteiger charge is 2.13. The van der Waals surface area contributed by atoms with Gasteiger partial charge >= 0.3 is 0 Å². The lowest BCUT2D eigenvalue weighted by Gasteiger charge is -2.30. The maximum atomic E-state index is 6.01. The van der Waals surface area contributed by atoms with Gasteiger partial charge in [0.2, 0.25) is 0 Å². The molecule has 0 N–H and O–H groups in total. The lowest BCUT2D eigenvalue weighted by molar-refractivity contribution is 0.159. The highest BCUT2D eigenvalue weighted by molar-refractivity contribution is 6.30. The number of nitrogens with zero attached hydrogens (tertiary/aromatic N) is 5. The van der Waals surface area contributed by atoms with E-state index >= 15 is 0 Å². The summed E-state index contributed by atoms with van der Waals surface area (Å²) in [7, 11) is 2.14. The SMILES string of the molecule is CN1CCN(/N=C/c2nc(-c3ccc(Cl)cc3)n3ccccc23)CC1. The summed E-state index contributed by atoms with van der Waals surface area (Å²) in [5.74, 6) is 0.895. The Kier molecular flexibility index (Phi) is 4.42. The third-order valence-electron chi connectivity index (χ3n) is 4.50. The Morgan fingerprint density at radius 2 is 1.80 bits per heavy atom. The maximum Gasteiger partial charge on any atom is 0.145 e. The molecule has 1 aromatic carbocycles. The van der Waals surface area contributed by atoms with Crippen molar-refractivity contribution in [2.75, 3.05) is 33.2 Å². The number of imidazole rings is 1. The lowest BCUT2D eigenvalue weighted by Crippen LogP contribution is -2.41. The van der Waals surface area contributed by atoms with Gasteiger partial charge in [0.1, 0.15) is 11.5 Å². The number of benzene rings is 1. The second-order valence-corrected chi connectivity index (χ2v) is 6.72. The van der Waals surface area contributed by atoms with Crippen LogP contribution in [0, 0.1) is 0 Å². The van der Waals surface area contributed by atoms with Crippen LogP contribution in [-0.4, -0.2) is 58.7 Å². The van der Waals surface area contributed by atoms with Crippen molar-refractivity contribution >= 4 is 23.3 Å². The number of aromatic nitrogens is 2. The van der Waals surface area contributed by atoms with Crippen molar-refractivity contribution in [3.63, 3.8) is 0 Å². The molecule has 0 amide bonds. The molecule has 0 unspecified atom stereocenters. The zero-order chi connectivity index (χ0) is 17.2. The van der Waals surface area contributed by atoms with Gasteiger partial charge in [0.25, 0.3) is 0 Å². The van der Waals surface area contributed by atoms with Gasteiger partial charge in [0, 0.05) is 43.0 Å². The van der Waals surface area contributed by atoms with Crippen LogP contribution in [0.4, 0.5) is 0 Å². The van der Waals surface area contributed by atoms with Crippen LogP contribution in [0.1, 0.15) is 5.69 Å². The van der Waals surface area contributed by atoms with Crippen LogP contribution in [-0.2, 0) is 0 Å². The Bertz CT molecular complexity index is 892. The molecule has 0 radical (unpaired) electrons. The average molecular weight is 354 g/mol. The number of piperazine rings is 1. The Morgan fingerprint density at radius 1 is 1.04 bits per heavy atom. The van der Waals surface area contributed by atoms with Crippen molar-refractivity contribution in [3.8, 4) is 11.4 Å². The molecule has 3 aromatic rings. The average Bonchev–Trinajstić information content (AvgIpc) is 3.01. The second kappa shape index (κ2) is 6.86. The van der Waals surface area contributed by atoms with Gasteiger partial charge in [0.05, 0.1) is 11.7 Å². The predicted octanol–water partition coefficient (Wildman–Crippen LogP) is 3.24. The molecule has 1 fully saturated rings. The molecule has 0 saturated carbocycles. The first kappa shape index (κ1) is 16.1. The third-order valence-corrected chi connectivity index (χ3v) is 4.75. The van der Waals surface area contributed by atoms with Gasteiger partial charge in [-0.05, 0) is 43.4 Å². The summed E-state index contributed by atoms with van der Waals surface area (Å²) in [6.45, 7) is 3.97. The topological polar surface area (TPSA) is 36.1 Å². The van der Waals surface area contributed by atoms with Crippen molar-refractivity contribution in [2.45, 2.75) is 0 Å². The lowest BCUT2D eigenvalue weighted by atomic mass is 10.2. The van der Waals surface area contributed by atoms with Crippen molar-refractivity contribution in [2.24, 2.45) is 5.10 Å². The van der Waals surface area contributed by atoms with E-state index in [4.69, 9.17) is 16.6 Å². The molecule has 1 saturated heterocycles. The monoisotopic (exact) mass is 353 g/mol. The van der Waals surface area contributed by atoms with Crippen LogP contribution < -0.4 is 0 Å². The molecule has 0 bridgehead atoms. The number of fused-ring (bicyclic) bond motifs is 1. The number of rotatable bonds is 3. The van der Waals surface area contributed by atoms with Gasteiger partial charge in [-0.25, -0.2) is 4.98 Å². The van der Waals surface area contributed by atoms with Crippen molar-refractivity contribution < 1.29 is 0 Å². The fraction of sp³-hybridized carbons (Fsp3) is 0.263. The molecule has 1 aliphatic rings. The van der Waals surface area contributed by atoms with Gasteiger partial charge in [0.15, 0.2) is 0 Å². The van der Waals surface area contributed by atoms with Gasteiger partial charge < -0.3 is 4.90 Å². The van der Waals surface area contributed by atoms with E-state index in [1.165, 1.54) is 0 Å². The first-order valence-corrected chi connectivity index (χ1v) is 8.79. The maximum absolute atomic E-state index is 6.01. The van der Waals surface area contributed by atoms with Crippen molar-refractivity contribution in [3.05, 3.63) is 59.4 Å². The fourth-order valence-corrected chi connectivity index (χ4v) is 3.13. The number of halogens is 1. The molecule has 25 heavy (non-hydrogen) atoms. The van der Waals surface area contributed by atoms with Crippen LogP contribution in [0.25, 0.3) is 16.9 Å². The van der Waals surface area contributed by atoms with Crippen LogP contribution in [0.5, 0.6) is 0 Å². The first-order chi connectivity index (χ1) is 12.2. The minimum absolute atomic E-state index is 0.724. The molecule has 3 heterocycles. The number of hydrazone groups is 1. The summed E-state index contributed by atoms with van der Waals surface area (Å²) >= 11 is 6.01. The van der Waals surface area contributed by atoms with Gasteiger partial charge in [-0.2, -0.15) is 5.10 Å². The molecule has 4 rings (SSSR count). The Morgan fingerprint density at radius 3 is 2.56 bits per heavy atom. The quantitative estimate of drug-likeness (QED) is 0.678. The minimum Gasteiger partial charge on any atom is -0.303 e. The van der Waals surface area contributed by atoms with Crippen LogP contribution in [0.15, 0.2) is 53.8 Å². The normalized spacial score (nSPS) is 16.2. The highest BCUT2D eigenvalue weighted by atomic mass is 35.5. The molecule has 0 atom stereocenters. The zero-order valence-electron chi connectivity index (χ0n) is 14.1. The molecular weight excluding hydrogens is 334 g/mol. The molecule has 0 spiro atoms. The smallest absolute Gasteiger partial charge is 0.145 e. The largest absolute Gasteiger partial charge is 0.303 e. The molecule has 5 nitrogen and oxygen atoms in total. The molecular formula is C19H20ClN5. The summed E-state index contributed by atoms with van der Waals surface area (Å²) in [4.78, 5) is 7.14. The number of hydrogen-bond acceptors (Lipinski definition) is 4. The number of hydrogen-bond donors (Lipinski definition) is 0. The van der Waals surface area contributed by atoms with Crippen LogP contribution >= 0.6 is 11.6 Å². The summed E-state index contributed by atoms with van der Waals surface area (Å²) in [6.07, 6.45) is 3.90. The standard InChI is InChI=1S/C19H20ClN5/c1-23-10-12-24(13-11-23)21-14-17-18-4-2-3-9-25(18)19(22-17)15-5-7-16(20)8-6-15/h2-9,14H,10-13H2,1H3/b21-14+. The van der Waals surface area contributed by atoms with E-state index in [0.717, 1.165) is 53.8 Å². The Balaban J connectivity index is 1.69. The van der Waals surface area contributed by atoms with Gasteiger partial charge in [-0.15, -0.1) is 0 Å². The fourth-order valence-electron chi connectivity index (χ4n) is 3.01. The minimum atomic E-state index is 0.724. The van der Waals surface area contributed by atoms with Crippen LogP contribution in [0.2, 0.25) is 5.02 Å². The zero-order valence-corrected chi connectivity index (χ0v) is 14.9. The van der Waals surface area contributed by atoms with E-state index in [9.17, 15) is 0 Å². The molecule has 6 heteroatoms. The van der Waals surface area contributed by atoms with E-state index in [1.54, 1.807) is 0 Å². The Labute approximate surface area is 152 Å². The summed E-state index contributed by atoms with van der Waals surface area (Å²) < 4.78 is 2.09. The Hall–Kier alpha value is -2.37. The summed E-state index contributed by atoms with van der Waals surface area (Å²) in [5, 5.41) is 7.47. The van der Waals surface area contributed by atoms with E-state index in [2.05, 4.69) is 32.5 Å². The number of pyridine rings is 1. The second-order valence-electron chi connectivity index (χ2n) is 6.28. The van der Waals surface area contributed by atoms with E-state index in [1.807, 2.05) is 48.8 Å². The summed E-state index contributed by atoms with van der Waals surface area (Å²) in [6, 6.07) is 13.9. The van der Waals surface area contributed by atoms with Crippen molar-refractivity contribution in [1.29, 1.82) is 0 Å². The first-order valence-electron chi connectivity index (χ1n) is 8.41. The van der Waals surface area contributed by atoms with Crippen molar-refractivity contribution in [1.82, 2.24) is 19.3 Å². The van der Waals surface area contributed by atoms with Gasteiger partial charge in [-0.3, -0.25) is 9.41 Å².